The number of nitrogens with one attached hydrogen (secondary N) is 2. The van der Waals surface area contributed by atoms with Gasteiger partial charge < -0.3 is 26.0 Å². The second-order valence-corrected chi connectivity index (χ2v) is 10.3. The van der Waals surface area contributed by atoms with Crippen LogP contribution in [-0.2, 0) is 12.7 Å². The summed E-state index contributed by atoms with van der Waals surface area (Å²) in [6.45, 7) is 4.23. The Morgan fingerprint density at radius 2 is 1.83 bits per heavy atom. The summed E-state index contributed by atoms with van der Waals surface area (Å²) < 4.78 is 47.5. The van der Waals surface area contributed by atoms with Crippen LogP contribution in [0.2, 0.25) is 5.02 Å². The minimum absolute atomic E-state index is 0.0333. The van der Waals surface area contributed by atoms with Crippen molar-refractivity contribution in [1.29, 1.82) is 0 Å². The van der Waals surface area contributed by atoms with Gasteiger partial charge in [-0.25, -0.2) is 4.98 Å². The number of piperazine rings is 1. The molecule has 1 aliphatic rings. The van der Waals surface area contributed by atoms with Crippen LogP contribution < -0.4 is 21.1 Å². The van der Waals surface area contributed by atoms with E-state index in [2.05, 4.69) is 32.4 Å². The predicted molar refractivity (Wildman–Crippen MR) is 158 cm³/mol. The highest BCUT2D eigenvalue weighted by molar-refractivity contribution is 6.32. The fourth-order valence-electron chi connectivity index (χ4n) is 4.31. The summed E-state index contributed by atoms with van der Waals surface area (Å²) in [4.78, 5) is 21.3. The number of benzene rings is 2. The van der Waals surface area contributed by atoms with E-state index in [0.717, 1.165) is 19.2 Å². The van der Waals surface area contributed by atoms with Gasteiger partial charge in [0.05, 0.1) is 22.3 Å². The van der Waals surface area contributed by atoms with Crippen molar-refractivity contribution in [3.63, 3.8) is 0 Å². The van der Waals surface area contributed by atoms with Crippen molar-refractivity contribution < 1.29 is 22.7 Å². The van der Waals surface area contributed by atoms with Gasteiger partial charge in [-0.15, -0.1) is 0 Å². The van der Waals surface area contributed by atoms with Crippen LogP contribution in [0.3, 0.4) is 0 Å². The third-order valence-corrected chi connectivity index (χ3v) is 7.07. The molecule has 0 bridgehead atoms. The maximum absolute atomic E-state index is 14.0. The summed E-state index contributed by atoms with van der Waals surface area (Å²) >= 11 is 6.31. The molecule has 0 aliphatic carbocycles. The SMILES string of the molecule is CNCCOc1cnc(N)c(C#Cc2cc(C(=O)Nc3ccc(CN4CCN(C)CC4)c(C(F)(F)F)c3)ccc2Cl)c1. The van der Waals surface area contributed by atoms with Gasteiger partial charge in [0.2, 0.25) is 0 Å². The van der Waals surface area contributed by atoms with E-state index in [1.807, 2.05) is 19.0 Å². The molecule has 42 heavy (non-hydrogen) atoms. The van der Waals surface area contributed by atoms with E-state index in [0.29, 0.717) is 48.1 Å². The standard InChI is InChI=1S/C30H32ClF3N6O2/c1-36-9-14-42-25-16-21(28(35)37-18-25)4-3-20-15-22(6-8-27(20)31)29(41)38-24-7-5-23(26(17-24)30(32,33)34)19-40-12-10-39(2)11-13-40/h5-8,15-18,36H,9-14,19H2,1-2H3,(H2,35,37)(H,38,41). The fraction of sp³-hybridized carbons (Fsp3) is 0.333. The van der Waals surface area contributed by atoms with Crippen molar-refractivity contribution in [1.82, 2.24) is 20.1 Å². The molecule has 3 aromatic rings. The second kappa shape index (κ2) is 13.9. The molecule has 0 radical (unpaired) electrons. The van der Waals surface area contributed by atoms with Gasteiger partial charge in [-0.2, -0.15) is 13.2 Å². The number of hydrogen-bond acceptors (Lipinski definition) is 7. The van der Waals surface area contributed by atoms with Gasteiger partial charge >= 0.3 is 6.18 Å². The number of rotatable bonds is 8. The normalized spacial score (nSPS) is 14.2. The zero-order valence-electron chi connectivity index (χ0n) is 23.3. The molecule has 2 heterocycles. The Balaban J connectivity index is 1.51. The van der Waals surface area contributed by atoms with E-state index in [4.69, 9.17) is 22.1 Å². The Bertz CT molecular complexity index is 1480. The molecule has 4 N–H and O–H groups in total. The number of hydrogen-bond donors (Lipinski definition) is 3. The molecular formula is C30H32ClF3N6O2. The number of nitrogens with zero attached hydrogens (tertiary/aromatic N) is 3. The smallest absolute Gasteiger partial charge is 0.416 e. The molecule has 0 atom stereocenters. The van der Waals surface area contributed by atoms with Gasteiger partial charge in [-0.05, 0) is 50.0 Å². The lowest BCUT2D eigenvalue weighted by molar-refractivity contribution is -0.138. The number of likely N-dealkylation sites (N-methyl/N-ethyl adjacent to an activating group) is 2. The van der Waals surface area contributed by atoms with Crippen LogP contribution in [0, 0.1) is 11.8 Å². The van der Waals surface area contributed by atoms with Gasteiger partial charge in [0.25, 0.3) is 5.91 Å². The molecule has 1 saturated heterocycles. The lowest BCUT2D eigenvalue weighted by atomic mass is 10.0. The van der Waals surface area contributed by atoms with Gasteiger partial charge in [-0.3, -0.25) is 9.69 Å². The summed E-state index contributed by atoms with van der Waals surface area (Å²) in [6, 6.07) is 9.97. The zero-order chi connectivity index (χ0) is 30.3. The van der Waals surface area contributed by atoms with Crippen LogP contribution in [0.1, 0.15) is 32.6 Å². The minimum atomic E-state index is -4.57. The highest BCUT2D eigenvalue weighted by Crippen LogP contribution is 2.35. The average molecular weight is 601 g/mol. The molecule has 1 aromatic heterocycles. The Labute approximate surface area is 248 Å². The average Bonchev–Trinajstić information content (AvgIpc) is 2.95. The summed E-state index contributed by atoms with van der Waals surface area (Å²) in [7, 11) is 3.80. The Morgan fingerprint density at radius 1 is 1.10 bits per heavy atom. The summed E-state index contributed by atoms with van der Waals surface area (Å²) in [5, 5.41) is 5.83. The zero-order valence-corrected chi connectivity index (χ0v) is 24.1. The van der Waals surface area contributed by atoms with E-state index in [-0.39, 0.29) is 29.2 Å². The largest absolute Gasteiger partial charge is 0.491 e. The van der Waals surface area contributed by atoms with Crippen LogP contribution in [0.5, 0.6) is 5.75 Å². The summed E-state index contributed by atoms with van der Waals surface area (Å²) in [6.07, 6.45) is -3.07. The van der Waals surface area contributed by atoms with Crippen molar-refractivity contribution in [2.45, 2.75) is 12.7 Å². The molecule has 0 saturated carbocycles. The number of nitrogen functional groups attached to an aromatic ring is 1. The van der Waals surface area contributed by atoms with Gasteiger partial charge in [0, 0.05) is 62.1 Å². The van der Waals surface area contributed by atoms with Gasteiger partial charge in [-0.1, -0.05) is 29.5 Å². The summed E-state index contributed by atoms with van der Waals surface area (Å²) in [5.41, 5.74) is 6.31. The number of nitrogens with two attached hydrogens (primary N) is 1. The van der Waals surface area contributed by atoms with Crippen molar-refractivity contribution in [3.8, 4) is 17.6 Å². The van der Waals surface area contributed by atoms with E-state index < -0.39 is 17.6 Å². The van der Waals surface area contributed by atoms with Crippen molar-refractivity contribution >= 4 is 29.0 Å². The number of alkyl halides is 3. The predicted octanol–water partition coefficient (Wildman–Crippen LogP) is 4.33. The number of amides is 1. The maximum atomic E-state index is 14.0. The number of aromatic nitrogens is 1. The first-order valence-corrected chi connectivity index (χ1v) is 13.7. The molecule has 1 aliphatic heterocycles. The van der Waals surface area contributed by atoms with E-state index in [9.17, 15) is 18.0 Å². The molecule has 4 rings (SSSR count). The van der Waals surface area contributed by atoms with Crippen LogP contribution in [-0.4, -0.2) is 74.1 Å². The Kier molecular flexibility index (Phi) is 10.3. The van der Waals surface area contributed by atoms with E-state index in [1.54, 1.807) is 6.07 Å². The molecule has 1 fully saturated rings. The minimum Gasteiger partial charge on any atom is -0.491 e. The molecule has 0 unspecified atom stereocenters. The van der Waals surface area contributed by atoms with Gasteiger partial charge in [0.15, 0.2) is 0 Å². The Morgan fingerprint density at radius 3 is 2.55 bits per heavy atom. The van der Waals surface area contributed by atoms with Crippen molar-refractivity contribution in [2.24, 2.45) is 0 Å². The highest BCUT2D eigenvalue weighted by atomic mass is 35.5. The van der Waals surface area contributed by atoms with Crippen LogP contribution in [0.4, 0.5) is 24.7 Å². The molecule has 8 nitrogen and oxygen atoms in total. The lowest BCUT2D eigenvalue weighted by Gasteiger charge is -2.33. The number of ether oxygens (including phenoxy) is 1. The van der Waals surface area contributed by atoms with Crippen LogP contribution in [0.15, 0.2) is 48.7 Å². The quantitative estimate of drug-likeness (QED) is 0.262. The third kappa shape index (κ3) is 8.36. The monoisotopic (exact) mass is 600 g/mol. The van der Waals surface area contributed by atoms with Crippen LogP contribution >= 0.6 is 11.6 Å². The third-order valence-electron chi connectivity index (χ3n) is 6.74. The van der Waals surface area contributed by atoms with E-state index in [1.165, 1.54) is 36.5 Å². The van der Waals surface area contributed by atoms with E-state index >= 15 is 0 Å². The molecule has 222 valence electrons. The highest BCUT2D eigenvalue weighted by Gasteiger charge is 2.34. The maximum Gasteiger partial charge on any atom is 0.416 e. The number of pyridine rings is 1. The first kappa shape index (κ1) is 31.1. The van der Waals surface area contributed by atoms with Crippen molar-refractivity contribution in [2.75, 3.05) is 64.5 Å². The molecule has 12 heteroatoms. The first-order chi connectivity index (χ1) is 20.0. The molecule has 1 amide bonds. The van der Waals surface area contributed by atoms with Crippen molar-refractivity contribution in [3.05, 3.63) is 81.5 Å². The number of carbonyl (C=O) groups is 1. The topological polar surface area (TPSA) is 95.8 Å². The number of carbonyl (C=O) groups excluding carboxylic acids is 1. The lowest BCUT2D eigenvalue weighted by Crippen LogP contribution is -2.44. The molecule has 2 aromatic carbocycles. The Hall–Kier alpha value is -3.82. The number of halogens is 4. The summed E-state index contributed by atoms with van der Waals surface area (Å²) in [5.74, 6) is 5.89. The first-order valence-electron chi connectivity index (χ1n) is 13.3. The van der Waals surface area contributed by atoms with Crippen LogP contribution in [0.25, 0.3) is 0 Å². The molecule has 0 spiro atoms. The second-order valence-electron chi connectivity index (χ2n) is 9.90. The fourth-order valence-corrected chi connectivity index (χ4v) is 4.47. The van der Waals surface area contributed by atoms with Gasteiger partial charge in [0.1, 0.15) is 18.2 Å². The number of anilines is 2. The molecular weight excluding hydrogens is 569 g/mol.